The highest BCUT2D eigenvalue weighted by molar-refractivity contribution is 9.10. The quantitative estimate of drug-likeness (QED) is 0.653. The van der Waals surface area contributed by atoms with Gasteiger partial charge in [-0.3, -0.25) is 9.89 Å². The van der Waals surface area contributed by atoms with Crippen molar-refractivity contribution < 1.29 is 9.53 Å². The zero-order valence-corrected chi connectivity index (χ0v) is 15.3. The number of ether oxygens (including phenoxy) is 1. The van der Waals surface area contributed by atoms with E-state index in [-0.39, 0.29) is 5.91 Å². The summed E-state index contributed by atoms with van der Waals surface area (Å²) in [7, 11) is 0. The van der Waals surface area contributed by atoms with E-state index in [1.165, 1.54) is 0 Å². The Bertz CT molecular complexity index is 842. The van der Waals surface area contributed by atoms with Crippen molar-refractivity contribution in [3.63, 3.8) is 0 Å². The molecule has 0 bridgehead atoms. The van der Waals surface area contributed by atoms with Crippen LogP contribution in [0.2, 0.25) is 0 Å². The number of carbonyl (C=O) groups excluding carboxylic acids is 1. The van der Waals surface area contributed by atoms with Crippen LogP contribution < -0.4 is 10.1 Å². The smallest absolute Gasteiger partial charge is 0.269 e. The Morgan fingerprint density at radius 1 is 1.16 bits per heavy atom. The summed E-state index contributed by atoms with van der Waals surface area (Å²) in [4.78, 5) is 12.3. The fourth-order valence-electron chi connectivity index (χ4n) is 2.35. The first-order chi connectivity index (χ1) is 12.2. The molecule has 0 atom stereocenters. The second kappa shape index (κ2) is 7.98. The molecule has 0 radical (unpaired) electrons. The summed E-state index contributed by atoms with van der Waals surface area (Å²) in [5, 5.41) is 9.89. The molecule has 3 rings (SSSR count). The Hall–Kier alpha value is -2.60. The van der Waals surface area contributed by atoms with Gasteiger partial charge in [0, 0.05) is 16.6 Å². The molecule has 6 heteroatoms. The number of hydrogen-bond donors (Lipinski definition) is 2. The number of amides is 1. The molecule has 3 aromatic rings. The molecule has 2 aromatic carbocycles. The lowest BCUT2D eigenvalue weighted by atomic mass is 10.1. The molecule has 0 saturated heterocycles. The first kappa shape index (κ1) is 17.2. The number of benzene rings is 2. The fraction of sp³-hybridized carbons (Fsp3) is 0.158. The number of hydrogen-bond acceptors (Lipinski definition) is 3. The molecular weight excluding hydrogens is 382 g/mol. The van der Waals surface area contributed by atoms with Gasteiger partial charge in [-0.2, -0.15) is 5.10 Å². The predicted molar refractivity (Wildman–Crippen MR) is 101 cm³/mol. The minimum atomic E-state index is -0.187. The minimum Gasteiger partial charge on any atom is -0.494 e. The van der Waals surface area contributed by atoms with E-state index in [0.717, 1.165) is 27.0 Å². The van der Waals surface area contributed by atoms with Crippen molar-refractivity contribution in [3.05, 3.63) is 70.3 Å². The maximum Gasteiger partial charge on any atom is 0.269 e. The van der Waals surface area contributed by atoms with Crippen LogP contribution in [0.4, 0.5) is 0 Å². The predicted octanol–water partition coefficient (Wildman–Crippen LogP) is 4.17. The topological polar surface area (TPSA) is 67.0 Å². The lowest BCUT2D eigenvalue weighted by Gasteiger charge is -2.04. The van der Waals surface area contributed by atoms with Gasteiger partial charge in [0.25, 0.3) is 5.91 Å². The third kappa shape index (κ3) is 4.48. The zero-order valence-electron chi connectivity index (χ0n) is 13.8. The van der Waals surface area contributed by atoms with Gasteiger partial charge in [0.15, 0.2) is 0 Å². The molecule has 1 heterocycles. The molecule has 0 saturated carbocycles. The van der Waals surface area contributed by atoms with Crippen molar-refractivity contribution in [2.24, 2.45) is 0 Å². The number of nitrogens with one attached hydrogen (secondary N) is 2. The summed E-state index contributed by atoms with van der Waals surface area (Å²) in [5.74, 6) is 0.627. The van der Waals surface area contributed by atoms with E-state index in [4.69, 9.17) is 4.74 Å². The Balaban J connectivity index is 1.63. The number of H-pyrrole nitrogens is 1. The number of aromatic nitrogens is 2. The van der Waals surface area contributed by atoms with E-state index in [1.807, 2.05) is 55.5 Å². The van der Waals surface area contributed by atoms with E-state index in [1.54, 1.807) is 6.07 Å². The molecule has 0 aliphatic heterocycles. The van der Waals surface area contributed by atoms with Crippen LogP contribution >= 0.6 is 15.9 Å². The highest BCUT2D eigenvalue weighted by Gasteiger charge is 2.11. The largest absolute Gasteiger partial charge is 0.494 e. The molecule has 0 aliphatic rings. The maximum atomic E-state index is 12.3. The molecule has 5 nitrogen and oxygen atoms in total. The van der Waals surface area contributed by atoms with Crippen molar-refractivity contribution in [1.29, 1.82) is 0 Å². The molecule has 0 spiro atoms. The van der Waals surface area contributed by atoms with Crippen LogP contribution in [0, 0.1) is 0 Å². The van der Waals surface area contributed by atoms with Crippen LogP contribution in [0.5, 0.6) is 5.75 Å². The third-order valence-corrected chi connectivity index (χ3v) is 4.18. The van der Waals surface area contributed by atoms with E-state index in [2.05, 4.69) is 31.4 Å². The van der Waals surface area contributed by atoms with E-state index in [0.29, 0.717) is 18.8 Å². The van der Waals surface area contributed by atoms with Gasteiger partial charge in [-0.1, -0.05) is 28.1 Å². The van der Waals surface area contributed by atoms with Crippen LogP contribution in [0.3, 0.4) is 0 Å². The van der Waals surface area contributed by atoms with Crippen molar-refractivity contribution in [2.45, 2.75) is 13.5 Å². The highest BCUT2D eigenvalue weighted by Crippen LogP contribution is 2.21. The zero-order chi connectivity index (χ0) is 17.6. The Kier molecular flexibility index (Phi) is 5.50. The van der Waals surface area contributed by atoms with Crippen LogP contribution in [0.25, 0.3) is 11.3 Å². The lowest BCUT2D eigenvalue weighted by Crippen LogP contribution is -2.23. The second-order valence-corrected chi connectivity index (χ2v) is 6.35. The number of rotatable bonds is 6. The molecule has 0 aliphatic carbocycles. The van der Waals surface area contributed by atoms with Gasteiger partial charge < -0.3 is 10.1 Å². The van der Waals surface area contributed by atoms with Crippen LogP contribution in [0.1, 0.15) is 23.0 Å². The van der Waals surface area contributed by atoms with E-state index < -0.39 is 0 Å². The third-order valence-electron chi connectivity index (χ3n) is 3.65. The number of carbonyl (C=O) groups is 1. The average Bonchev–Trinajstić information content (AvgIpc) is 3.12. The summed E-state index contributed by atoms with van der Waals surface area (Å²) in [6.45, 7) is 3.04. The fourth-order valence-corrected chi connectivity index (χ4v) is 2.62. The molecule has 0 fully saturated rings. The van der Waals surface area contributed by atoms with Crippen LogP contribution in [-0.2, 0) is 6.54 Å². The SMILES string of the molecule is CCOc1ccc(-c2cc(C(=O)NCc3ccc(Br)cc3)[nH]n2)cc1. The van der Waals surface area contributed by atoms with E-state index >= 15 is 0 Å². The molecule has 2 N–H and O–H groups in total. The Morgan fingerprint density at radius 3 is 2.56 bits per heavy atom. The van der Waals surface area contributed by atoms with Crippen molar-refractivity contribution in [3.8, 4) is 17.0 Å². The average molecular weight is 400 g/mol. The Morgan fingerprint density at radius 2 is 1.88 bits per heavy atom. The molecule has 1 amide bonds. The lowest BCUT2D eigenvalue weighted by molar-refractivity contribution is 0.0946. The van der Waals surface area contributed by atoms with Crippen LogP contribution in [0.15, 0.2) is 59.1 Å². The molecule has 0 unspecified atom stereocenters. The molecule has 1 aromatic heterocycles. The number of halogens is 1. The number of nitrogens with zero attached hydrogens (tertiary/aromatic N) is 1. The second-order valence-electron chi connectivity index (χ2n) is 5.43. The summed E-state index contributed by atoms with van der Waals surface area (Å²) >= 11 is 3.39. The highest BCUT2D eigenvalue weighted by atomic mass is 79.9. The molecule has 128 valence electrons. The standard InChI is InChI=1S/C19H18BrN3O2/c1-2-25-16-9-5-14(6-10-16)17-11-18(23-22-17)19(24)21-12-13-3-7-15(20)8-4-13/h3-11H,2,12H2,1H3,(H,21,24)(H,22,23). The van der Waals surface area contributed by atoms with Gasteiger partial charge in [0.2, 0.25) is 0 Å². The Labute approximate surface area is 154 Å². The van der Waals surface area contributed by atoms with Crippen molar-refractivity contribution >= 4 is 21.8 Å². The van der Waals surface area contributed by atoms with Gasteiger partial charge in [-0.25, -0.2) is 0 Å². The summed E-state index contributed by atoms with van der Waals surface area (Å²) < 4.78 is 6.44. The number of aromatic amines is 1. The first-order valence-electron chi connectivity index (χ1n) is 7.97. The van der Waals surface area contributed by atoms with Gasteiger partial charge in [-0.05, 0) is 55.0 Å². The normalized spacial score (nSPS) is 10.5. The monoisotopic (exact) mass is 399 g/mol. The summed E-state index contributed by atoms with van der Waals surface area (Å²) in [6.07, 6.45) is 0. The van der Waals surface area contributed by atoms with Gasteiger partial charge in [0.05, 0.1) is 12.3 Å². The minimum absolute atomic E-state index is 0.187. The van der Waals surface area contributed by atoms with Gasteiger partial charge >= 0.3 is 0 Å². The van der Waals surface area contributed by atoms with Gasteiger partial charge in [-0.15, -0.1) is 0 Å². The van der Waals surface area contributed by atoms with E-state index in [9.17, 15) is 4.79 Å². The molecular formula is C19H18BrN3O2. The maximum absolute atomic E-state index is 12.3. The van der Waals surface area contributed by atoms with Crippen LogP contribution in [-0.4, -0.2) is 22.7 Å². The molecule has 25 heavy (non-hydrogen) atoms. The first-order valence-corrected chi connectivity index (χ1v) is 8.76. The van der Waals surface area contributed by atoms with Crippen molar-refractivity contribution in [1.82, 2.24) is 15.5 Å². The van der Waals surface area contributed by atoms with Crippen molar-refractivity contribution in [2.75, 3.05) is 6.61 Å². The summed E-state index contributed by atoms with van der Waals surface area (Å²) in [6, 6.07) is 17.2. The summed E-state index contributed by atoms with van der Waals surface area (Å²) in [5.41, 5.74) is 3.10. The van der Waals surface area contributed by atoms with Gasteiger partial charge in [0.1, 0.15) is 11.4 Å².